The zero-order valence-corrected chi connectivity index (χ0v) is 12.0. The molecule has 0 spiro atoms. The zero-order valence-electron chi connectivity index (χ0n) is 10.4. The Morgan fingerprint density at radius 3 is 2.95 bits per heavy atom. The van der Waals surface area contributed by atoms with Crippen molar-refractivity contribution in [3.63, 3.8) is 0 Å². The fraction of sp³-hybridized carbons (Fsp3) is 0.0769. The average molecular weight is 306 g/mol. The molecule has 0 aliphatic heterocycles. The van der Waals surface area contributed by atoms with Crippen molar-refractivity contribution in [3.05, 3.63) is 46.3 Å². The molecule has 0 atom stereocenters. The van der Waals surface area contributed by atoms with Gasteiger partial charge in [-0.2, -0.15) is 4.98 Å². The van der Waals surface area contributed by atoms with Crippen molar-refractivity contribution in [1.29, 1.82) is 0 Å². The van der Waals surface area contributed by atoms with Gasteiger partial charge in [0, 0.05) is 11.6 Å². The van der Waals surface area contributed by atoms with Gasteiger partial charge >= 0.3 is 0 Å². The number of nitrogens with zero attached hydrogens (tertiary/aromatic N) is 2. The lowest BCUT2D eigenvalue weighted by Gasteiger charge is -2.08. The molecule has 0 aliphatic carbocycles. The van der Waals surface area contributed by atoms with Gasteiger partial charge in [-0.25, -0.2) is 10.8 Å². The second kappa shape index (κ2) is 5.62. The summed E-state index contributed by atoms with van der Waals surface area (Å²) in [6, 6.07) is 9.69. The van der Waals surface area contributed by atoms with Gasteiger partial charge in [-0.05, 0) is 29.1 Å². The highest BCUT2D eigenvalue weighted by molar-refractivity contribution is 7.16. The first-order valence-electron chi connectivity index (χ1n) is 5.96. The Morgan fingerprint density at radius 1 is 1.25 bits per heavy atom. The van der Waals surface area contributed by atoms with Crippen LogP contribution in [0, 0.1) is 0 Å². The predicted octanol–water partition coefficient (Wildman–Crippen LogP) is 3.24. The highest BCUT2D eigenvalue weighted by atomic mass is 35.5. The van der Waals surface area contributed by atoms with Crippen LogP contribution in [0.5, 0.6) is 0 Å². The van der Waals surface area contributed by atoms with Gasteiger partial charge in [-0.15, -0.1) is 11.3 Å². The smallest absolute Gasteiger partial charge is 0.240 e. The van der Waals surface area contributed by atoms with Gasteiger partial charge in [0.05, 0.1) is 5.39 Å². The topological polar surface area (TPSA) is 75.9 Å². The number of aromatic nitrogens is 2. The van der Waals surface area contributed by atoms with Gasteiger partial charge in [-0.3, -0.25) is 5.43 Å². The second-order valence-corrected chi connectivity index (χ2v) is 5.49. The summed E-state index contributed by atoms with van der Waals surface area (Å²) in [6.07, 6.45) is 0. The SMILES string of the molecule is NNc1nc(NCc2cccc(Cl)c2)c2ccsc2n1. The van der Waals surface area contributed by atoms with Crippen LogP contribution in [0.1, 0.15) is 5.56 Å². The van der Waals surface area contributed by atoms with E-state index in [2.05, 4.69) is 20.7 Å². The van der Waals surface area contributed by atoms with E-state index in [1.165, 1.54) is 0 Å². The normalized spacial score (nSPS) is 10.7. The number of hydrogen-bond acceptors (Lipinski definition) is 6. The molecule has 5 nitrogen and oxygen atoms in total. The van der Waals surface area contributed by atoms with Gasteiger partial charge in [0.2, 0.25) is 5.95 Å². The first-order chi connectivity index (χ1) is 9.76. The lowest BCUT2D eigenvalue weighted by Crippen LogP contribution is -2.12. The number of nitrogens with two attached hydrogens (primary N) is 1. The summed E-state index contributed by atoms with van der Waals surface area (Å²) in [4.78, 5) is 9.53. The number of hydrazine groups is 1. The summed E-state index contributed by atoms with van der Waals surface area (Å²) in [5, 5.41) is 6.97. The molecule has 7 heteroatoms. The summed E-state index contributed by atoms with van der Waals surface area (Å²) >= 11 is 7.52. The highest BCUT2D eigenvalue weighted by Crippen LogP contribution is 2.26. The standard InChI is InChI=1S/C13H12ClN5S/c14-9-3-1-2-8(6-9)7-16-11-10-4-5-20-12(10)18-13(17-11)19-15/h1-6H,7,15H2,(H2,16,17,18,19). The predicted molar refractivity (Wildman–Crippen MR) is 84.0 cm³/mol. The van der Waals surface area contributed by atoms with Crippen molar-refractivity contribution in [2.75, 3.05) is 10.7 Å². The molecule has 0 aliphatic rings. The minimum atomic E-state index is 0.397. The Hall–Kier alpha value is -1.89. The van der Waals surface area contributed by atoms with Crippen molar-refractivity contribution in [2.45, 2.75) is 6.54 Å². The number of halogens is 1. The number of benzene rings is 1. The third-order valence-corrected chi connectivity index (χ3v) is 3.84. The second-order valence-electron chi connectivity index (χ2n) is 4.16. The summed E-state index contributed by atoms with van der Waals surface area (Å²) in [5.74, 6) is 6.54. The van der Waals surface area contributed by atoms with E-state index in [4.69, 9.17) is 17.4 Å². The van der Waals surface area contributed by atoms with Crippen molar-refractivity contribution >= 4 is 44.9 Å². The lowest BCUT2D eigenvalue weighted by molar-refractivity contribution is 1.09. The Labute approximate surface area is 124 Å². The Balaban J connectivity index is 1.88. The van der Waals surface area contributed by atoms with Gasteiger partial charge in [0.15, 0.2) is 0 Å². The van der Waals surface area contributed by atoms with Crippen LogP contribution in [0.3, 0.4) is 0 Å². The minimum Gasteiger partial charge on any atom is -0.365 e. The highest BCUT2D eigenvalue weighted by Gasteiger charge is 2.08. The minimum absolute atomic E-state index is 0.397. The molecular weight excluding hydrogens is 294 g/mol. The Kier molecular flexibility index (Phi) is 3.68. The third-order valence-electron chi connectivity index (χ3n) is 2.80. The number of fused-ring (bicyclic) bond motifs is 1. The van der Waals surface area contributed by atoms with Crippen LogP contribution < -0.4 is 16.6 Å². The number of nitrogen functional groups attached to an aromatic ring is 1. The van der Waals surface area contributed by atoms with Gasteiger partial charge < -0.3 is 5.32 Å². The number of rotatable bonds is 4. The molecule has 1 aromatic carbocycles. The largest absolute Gasteiger partial charge is 0.365 e. The summed E-state index contributed by atoms with van der Waals surface area (Å²) in [5.41, 5.74) is 3.56. The van der Waals surface area contributed by atoms with Crippen molar-refractivity contribution in [3.8, 4) is 0 Å². The van der Waals surface area contributed by atoms with Crippen LogP contribution in [0.25, 0.3) is 10.2 Å². The first kappa shape index (κ1) is 13.1. The maximum atomic E-state index is 5.97. The van der Waals surface area contributed by atoms with Crippen molar-refractivity contribution in [2.24, 2.45) is 5.84 Å². The molecule has 4 N–H and O–H groups in total. The van der Waals surface area contributed by atoms with Crippen LogP contribution in [-0.4, -0.2) is 9.97 Å². The molecule has 3 aromatic rings. The van der Waals surface area contributed by atoms with Gasteiger partial charge in [0.25, 0.3) is 0 Å². The molecule has 0 amide bonds. The molecule has 2 heterocycles. The fourth-order valence-corrected chi connectivity index (χ4v) is 2.86. The van der Waals surface area contributed by atoms with E-state index in [1.807, 2.05) is 35.7 Å². The van der Waals surface area contributed by atoms with Crippen molar-refractivity contribution < 1.29 is 0 Å². The van der Waals surface area contributed by atoms with E-state index in [1.54, 1.807) is 11.3 Å². The van der Waals surface area contributed by atoms with Crippen LogP contribution in [-0.2, 0) is 6.54 Å². The van der Waals surface area contributed by atoms with E-state index in [0.29, 0.717) is 12.5 Å². The summed E-state index contributed by atoms with van der Waals surface area (Å²) in [6.45, 7) is 0.631. The van der Waals surface area contributed by atoms with Crippen LogP contribution in [0.2, 0.25) is 5.02 Å². The quantitative estimate of drug-likeness (QED) is 0.509. The molecule has 0 saturated heterocycles. The molecule has 3 rings (SSSR count). The fourth-order valence-electron chi connectivity index (χ4n) is 1.89. The molecule has 0 fully saturated rings. The van der Waals surface area contributed by atoms with E-state index < -0.39 is 0 Å². The molecular formula is C13H12ClN5S. The van der Waals surface area contributed by atoms with Crippen LogP contribution >= 0.6 is 22.9 Å². The number of thiophene rings is 1. The first-order valence-corrected chi connectivity index (χ1v) is 7.22. The Bertz CT molecular complexity index is 742. The number of nitrogens with one attached hydrogen (secondary N) is 2. The molecule has 0 radical (unpaired) electrons. The Morgan fingerprint density at radius 2 is 2.15 bits per heavy atom. The summed E-state index contributed by atoms with van der Waals surface area (Å²) in [7, 11) is 0. The monoisotopic (exact) mass is 305 g/mol. The van der Waals surface area contributed by atoms with E-state index in [-0.39, 0.29) is 0 Å². The maximum Gasteiger partial charge on any atom is 0.240 e. The molecule has 0 bridgehead atoms. The molecule has 0 saturated carbocycles. The van der Waals surface area contributed by atoms with Crippen molar-refractivity contribution in [1.82, 2.24) is 9.97 Å². The maximum absolute atomic E-state index is 5.97. The lowest BCUT2D eigenvalue weighted by atomic mass is 10.2. The van der Waals surface area contributed by atoms with E-state index in [9.17, 15) is 0 Å². The van der Waals surface area contributed by atoms with Crippen LogP contribution in [0.15, 0.2) is 35.7 Å². The molecule has 102 valence electrons. The third kappa shape index (κ3) is 2.67. The molecule has 2 aromatic heterocycles. The van der Waals surface area contributed by atoms with Gasteiger partial charge in [0.1, 0.15) is 10.6 Å². The van der Waals surface area contributed by atoms with Gasteiger partial charge in [-0.1, -0.05) is 23.7 Å². The summed E-state index contributed by atoms with van der Waals surface area (Å²) < 4.78 is 0. The number of hydrogen-bond donors (Lipinski definition) is 3. The van der Waals surface area contributed by atoms with E-state index >= 15 is 0 Å². The molecule has 0 unspecified atom stereocenters. The average Bonchev–Trinajstić information content (AvgIpc) is 2.93. The molecule has 20 heavy (non-hydrogen) atoms. The van der Waals surface area contributed by atoms with Crippen LogP contribution in [0.4, 0.5) is 11.8 Å². The van der Waals surface area contributed by atoms with E-state index in [0.717, 1.165) is 26.6 Å². The number of anilines is 2. The zero-order chi connectivity index (χ0) is 13.9.